The number of carbonyl (C=O) groups excluding carboxylic acids is 1. The number of amides is 1. The van der Waals surface area contributed by atoms with E-state index in [4.69, 9.17) is 5.73 Å². The number of halogens is 1. The van der Waals surface area contributed by atoms with Gasteiger partial charge in [0, 0.05) is 22.3 Å². The first-order valence-corrected chi connectivity index (χ1v) is 10.1. The molecular formula is C19H14FN5OS2. The Morgan fingerprint density at radius 3 is 2.68 bits per heavy atom. The summed E-state index contributed by atoms with van der Waals surface area (Å²) in [6.45, 7) is 0. The molecule has 1 amide bonds. The van der Waals surface area contributed by atoms with Gasteiger partial charge in [-0.3, -0.25) is 9.89 Å². The molecule has 6 nitrogen and oxygen atoms in total. The molecule has 0 aliphatic rings. The zero-order chi connectivity index (χ0) is 19.5. The molecule has 9 heteroatoms. The van der Waals surface area contributed by atoms with Gasteiger partial charge in [-0.25, -0.2) is 14.4 Å². The lowest BCUT2D eigenvalue weighted by Crippen LogP contribution is -2.10. The highest BCUT2D eigenvalue weighted by Gasteiger charge is 2.12. The highest BCUT2D eigenvalue weighted by atomic mass is 32.2. The third kappa shape index (κ3) is 3.95. The molecule has 2 aromatic heterocycles. The third-order valence-electron chi connectivity index (χ3n) is 3.91. The van der Waals surface area contributed by atoms with Crippen LogP contribution in [0.1, 0.15) is 16.1 Å². The fraction of sp³-hybridized carbons (Fsp3) is 0.0526. The number of aromatic nitrogens is 4. The van der Waals surface area contributed by atoms with Crippen LogP contribution in [0, 0.1) is 5.82 Å². The molecule has 4 aromatic rings. The Balaban J connectivity index is 1.42. The van der Waals surface area contributed by atoms with Crippen molar-refractivity contribution in [3.8, 4) is 22.0 Å². The number of nitrogens with zero attached hydrogens (tertiary/aromatic N) is 3. The molecule has 0 radical (unpaired) electrons. The molecule has 0 unspecified atom stereocenters. The van der Waals surface area contributed by atoms with Gasteiger partial charge in [-0.05, 0) is 24.3 Å². The van der Waals surface area contributed by atoms with Crippen molar-refractivity contribution in [2.75, 3.05) is 0 Å². The van der Waals surface area contributed by atoms with Crippen LogP contribution < -0.4 is 5.73 Å². The van der Waals surface area contributed by atoms with Gasteiger partial charge in [-0.1, -0.05) is 36.0 Å². The molecule has 0 saturated heterocycles. The van der Waals surface area contributed by atoms with Gasteiger partial charge in [0.25, 0.3) is 0 Å². The Morgan fingerprint density at radius 2 is 1.93 bits per heavy atom. The first-order chi connectivity index (χ1) is 13.6. The largest absolute Gasteiger partial charge is 0.366 e. The Hall–Kier alpha value is -3.04. The summed E-state index contributed by atoms with van der Waals surface area (Å²) in [5.41, 5.74) is 7.92. The number of carbonyl (C=O) groups is 1. The van der Waals surface area contributed by atoms with E-state index in [1.165, 1.54) is 29.2 Å². The first kappa shape index (κ1) is 18.3. The summed E-state index contributed by atoms with van der Waals surface area (Å²) in [5, 5.41) is 10.2. The lowest BCUT2D eigenvalue weighted by atomic mass is 10.1. The maximum atomic E-state index is 13.8. The van der Waals surface area contributed by atoms with Crippen LogP contribution in [-0.2, 0) is 5.75 Å². The van der Waals surface area contributed by atoms with Gasteiger partial charge in [0.05, 0.1) is 11.3 Å². The number of H-pyrrole nitrogens is 1. The van der Waals surface area contributed by atoms with E-state index < -0.39 is 5.91 Å². The molecule has 0 bridgehead atoms. The minimum atomic E-state index is -0.455. The van der Waals surface area contributed by atoms with Crippen molar-refractivity contribution >= 4 is 29.0 Å². The molecule has 2 heterocycles. The lowest BCUT2D eigenvalue weighted by molar-refractivity contribution is 0.100. The highest BCUT2D eigenvalue weighted by Crippen LogP contribution is 2.28. The van der Waals surface area contributed by atoms with E-state index in [0.29, 0.717) is 27.9 Å². The normalized spacial score (nSPS) is 10.9. The second-order valence-electron chi connectivity index (χ2n) is 5.82. The maximum Gasteiger partial charge on any atom is 0.248 e. The number of nitrogens with two attached hydrogens (primary N) is 1. The first-order valence-electron chi connectivity index (χ1n) is 8.25. The monoisotopic (exact) mass is 411 g/mol. The van der Waals surface area contributed by atoms with Crippen molar-refractivity contribution < 1.29 is 9.18 Å². The summed E-state index contributed by atoms with van der Waals surface area (Å²) in [7, 11) is 0. The Labute approximate surface area is 168 Å². The summed E-state index contributed by atoms with van der Waals surface area (Å²) >= 11 is 2.93. The smallest absolute Gasteiger partial charge is 0.248 e. The fourth-order valence-corrected chi connectivity index (χ4v) is 4.13. The van der Waals surface area contributed by atoms with Crippen molar-refractivity contribution in [3.63, 3.8) is 0 Å². The maximum absolute atomic E-state index is 13.8. The molecule has 0 aliphatic heterocycles. The molecular weight excluding hydrogens is 397 g/mol. The SMILES string of the molecule is NC(=O)c1ccc(-c2nc(CSc3n[nH]c(-c4ccccc4F)n3)cs2)cc1. The second-order valence-corrected chi connectivity index (χ2v) is 7.62. The third-order valence-corrected chi connectivity index (χ3v) is 5.73. The molecule has 4 rings (SSSR count). The van der Waals surface area contributed by atoms with Crippen LogP contribution in [0.2, 0.25) is 0 Å². The van der Waals surface area contributed by atoms with Gasteiger partial charge in [0.15, 0.2) is 5.82 Å². The van der Waals surface area contributed by atoms with Crippen LogP contribution in [0.3, 0.4) is 0 Å². The second kappa shape index (κ2) is 7.91. The van der Waals surface area contributed by atoms with Crippen LogP contribution in [0.15, 0.2) is 59.1 Å². The molecule has 0 saturated carbocycles. The van der Waals surface area contributed by atoms with Crippen molar-refractivity contribution in [3.05, 3.63) is 71.0 Å². The van der Waals surface area contributed by atoms with E-state index >= 15 is 0 Å². The van der Waals surface area contributed by atoms with Crippen LogP contribution in [-0.4, -0.2) is 26.1 Å². The van der Waals surface area contributed by atoms with E-state index in [1.54, 1.807) is 30.3 Å². The quantitative estimate of drug-likeness (QED) is 0.465. The highest BCUT2D eigenvalue weighted by molar-refractivity contribution is 7.98. The molecule has 0 atom stereocenters. The van der Waals surface area contributed by atoms with Crippen molar-refractivity contribution in [2.24, 2.45) is 5.73 Å². The summed E-state index contributed by atoms with van der Waals surface area (Å²) in [6.07, 6.45) is 0. The zero-order valence-corrected chi connectivity index (χ0v) is 16.1. The van der Waals surface area contributed by atoms with Crippen LogP contribution in [0.5, 0.6) is 0 Å². The van der Waals surface area contributed by atoms with Crippen LogP contribution >= 0.6 is 23.1 Å². The number of thiazole rings is 1. The number of hydrogen-bond acceptors (Lipinski definition) is 6. The Kier molecular flexibility index (Phi) is 5.18. The van der Waals surface area contributed by atoms with Gasteiger partial charge in [0.1, 0.15) is 10.8 Å². The van der Waals surface area contributed by atoms with Crippen LogP contribution in [0.25, 0.3) is 22.0 Å². The number of nitrogens with one attached hydrogen (secondary N) is 1. The van der Waals surface area contributed by atoms with Gasteiger partial charge in [-0.15, -0.1) is 16.4 Å². The number of aromatic amines is 1. The summed E-state index contributed by atoms with van der Waals surface area (Å²) in [4.78, 5) is 20.1. The minimum Gasteiger partial charge on any atom is -0.366 e. The summed E-state index contributed by atoms with van der Waals surface area (Å²) in [6, 6.07) is 13.4. The van der Waals surface area contributed by atoms with Gasteiger partial charge in [-0.2, -0.15) is 0 Å². The molecule has 3 N–H and O–H groups in total. The fourth-order valence-electron chi connectivity index (χ4n) is 2.51. The van der Waals surface area contributed by atoms with E-state index in [2.05, 4.69) is 20.2 Å². The van der Waals surface area contributed by atoms with Gasteiger partial charge < -0.3 is 5.73 Å². The van der Waals surface area contributed by atoms with Crippen LogP contribution in [0.4, 0.5) is 4.39 Å². The molecule has 28 heavy (non-hydrogen) atoms. The average molecular weight is 411 g/mol. The minimum absolute atomic E-state index is 0.346. The van der Waals surface area contributed by atoms with Gasteiger partial charge >= 0.3 is 0 Å². The summed E-state index contributed by atoms with van der Waals surface area (Å²) < 4.78 is 13.8. The van der Waals surface area contributed by atoms with Gasteiger partial charge in [0.2, 0.25) is 11.1 Å². The van der Waals surface area contributed by atoms with E-state index in [9.17, 15) is 9.18 Å². The number of primary amides is 1. The molecule has 0 aliphatic carbocycles. The van der Waals surface area contributed by atoms with Crippen molar-refractivity contribution in [1.29, 1.82) is 0 Å². The predicted octanol–water partition coefficient (Wildman–Crippen LogP) is 4.13. The van der Waals surface area contributed by atoms with Crippen molar-refractivity contribution in [1.82, 2.24) is 20.2 Å². The molecule has 2 aromatic carbocycles. The number of benzene rings is 2. The van der Waals surface area contributed by atoms with E-state index in [-0.39, 0.29) is 5.82 Å². The summed E-state index contributed by atoms with van der Waals surface area (Å²) in [5.74, 6) is 0.185. The Morgan fingerprint density at radius 1 is 1.14 bits per heavy atom. The number of hydrogen-bond donors (Lipinski definition) is 2. The number of rotatable bonds is 6. The Bertz CT molecular complexity index is 1120. The molecule has 0 fully saturated rings. The van der Waals surface area contributed by atoms with Crippen molar-refractivity contribution in [2.45, 2.75) is 10.9 Å². The predicted molar refractivity (Wildman–Crippen MR) is 107 cm³/mol. The number of thioether (sulfide) groups is 1. The van der Waals surface area contributed by atoms with E-state index in [1.807, 2.05) is 17.5 Å². The topological polar surface area (TPSA) is 97.5 Å². The zero-order valence-electron chi connectivity index (χ0n) is 14.4. The van der Waals surface area contributed by atoms with E-state index in [0.717, 1.165) is 16.3 Å². The molecule has 140 valence electrons. The average Bonchev–Trinajstić information content (AvgIpc) is 3.36. The standard InChI is InChI=1S/C19H14FN5OS2/c20-15-4-2-1-3-14(15)17-23-19(25-24-17)28-10-13-9-27-18(22-13)12-7-5-11(6-8-12)16(21)26/h1-9H,10H2,(H2,21,26)(H,23,24,25). The lowest BCUT2D eigenvalue weighted by Gasteiger charge is -1.98. The molecule has 0 spiro atoms.